The number of H-pyrrole nitrogens is 1. The van der Waals surface area contributed by atoms with E-state index >= 15 is 0 Å². The number of amides is 1. The van der Waals surface area contributed by atoms with E-state index in [0.29, 0.717) is 0 Å². The first kappa shape index (κ1) is 21.9. The molecule has 0 bridgehead atoms. The van der Waals surface area contributed by atoms with E-state index in [1.807, 2.05) is 0 Å². The Morgan fingerprint density at radius 1 is 1.25 bits per heavy atom. The number of carboxylic acids is 1. The number of alkyl halides is 3. The first-order chi connectivity index (χ1) is 12.4. The molecule has 0 radical (unpaired) electrons. The molecule has 2 heterocycles. The third-order valence-corrected chi connectivity index (χ3v) is 6.02. The number of aromatic nitrogens is 2. The summed E-state index contributed by atoms with van der Waals surface area (Å²) in [6, 6.07) is 0. The number of fused-ring (bicyclic) bond motifs is 1. The highest BCUT2D eigenvalue weighted by Gasteiger charge is 2.67. The van der Waals surface area contributed by atoms with Gasteiger partial charge < -0.3 is 14.4 Å². The molecule has 1 aliphatic heterocycles. The monoisotopic (exact) mass is 430 g/mol. The van der Waals surface area contributed by atoms with Crippen LogP contribution in [0.5, 0.6) is 5.88 Å². The van der Waals surface area contributed by atoms with Gasteiger partial charge in [-0.05, 0) is 20.8 Å². The Labute approximate surface area is 157 Å². The number of hydrogen-bond acceptors (Lipinski definition) is 6. The lowest BCUT2D eigenvalue weighted by atomic mass is 9.79. The van der Waals surface area contributed by atoms with Gasteiger partial charge in [-0.3, -0.25) is 5.10 Å². The molecule has 1 amide bonds. The van der Waals surface area contributed by atoms with Crippen molar-refractivity contribution in [3.8, 4) is 5.88 Å². The zero-order valence-corrected chi connectivity index (χ0v) is 16.1. The van der Waals surface area contributed by atoms with E-state index in [2.05, 4.69) is 14.4 Å². The first-order valence-corrected chi connectivity index (χ1v) is 9.23. The molecule has 158 valence electrons. The zero-order valence-electron chi connectivity index (χ0n) is 15.3. The largest absolute Gasteiger partial charge is 0.534 e. The number of halogens is 3. The van der Waals surface area contributed by atoms with Crippen LogP contribution in [0.15, 0.2) is 0 Å². The number of hydrogen-bond donors (Lipinski definition) is 3. The highest BCUT2D eigenvalue weighted by atomic mass is 32.2. The molecule has 14 heteroatoms. The molecule has 0 spiro atoms. The quantitative estimate of drug-likeness (QED) is 0.374. The van der Waals surface area contributed by atoms with Crippen LogP contribution in [0.1, 0.15) is 39.0 Å². The van der Waals surface area contributed by atoms with E-state index in [0.717, 1.165) is 6.92 Å². The minimum Gasteiger partial charge on any atom is -0.477 e. The third kappa shape index (κ3) is 2.90. The van der Waals surface area contributed by atoms with Crippen molar-refractivity contribution in [1.82, 2.24) is 10.2 Å². The average molecular weight is 430 g/mol. The van der Waals surface area contributed by atoms with Crippen LogP contribution in [0.2, 0.25) is 0 Å². The molecule has 1 aromatic heterocycles. The van der Waals surface area contributed by atoms with Crippen molar-refractivity contribution in [2.24, 2.45) is 0 Å². The molecule has 2 rings (SSSR count). The Morgan fingerprint density at radius 2 is 1.79 bits per heavy atom. The van der Waals surface area contributed by atoms with Gasteiger partial charge in [0.15, 0.2) is 0 Å². The van der Waals surface area contributed by atoms with E-state index in [9.17, 15) is 41.4 Å². The third-order valence-electron chi connectivity index (χ3n) is 5.08. The summed E-state index contributed by atoms with van der Waals surface area (Å²) in [7, 11) is -6.04. The van der Waals surface area contributed by atoms with E-state index in [4.69, 9.17) is 0 Å². The second-order valence-corrected chi connectivity index (χ2v) is 9.18. The van der Waals surface area contributed by atoms with Crippen molar-refractivity contribution < 1.29 is 50.1 Å². The van der Waals surface area contributed by atoms with Gasteiger partial charge in [0.25, 0.3) is 5.88 Å². The molecular formula is C14H19F3N3O7S+. The maximum Gasteiger partial charge on any atom is 0.534 e. The molecule has 28 heavy (non-hydrogen) atoms. The van der Waals surface area contributed by atoms with Crippen LogP contribution in [-0.2, 0) is 27.9 Å². The smallest absolute Gasteiger partial charge is 0.477 e. The molecular weight excluding hydrogens is 411 g/mol. The second kappa shape index (κ2) is 6.07. The van der Waals surface area contributed by atoms with Crippen molar-refractivity contribution in [2.45, 2.75) is 57.2 Å². The van der Waals surface area contributed by atoms with Gasteiger partial charge in [-0.25, -0.2) is 4.79 Å². The standard InChI is InChI=1S/C14H18F3N3O7S/c1-12(2,3)20(11(23)24)6-8-7(5-13(20,4)10(21)22)9(19-18-8)27-28(25,26)14(15,16)17/h5-6H2,1-4H3,(H2-,18,19,21,22,23,24)/p+1. The van der Waals surface area contributed by atoms with Gasteiger partial charge >= 0.3 is 27.7 Å². The number of aliphatic carboxylic acids is 1. The topological polar surface area (TPSA) is 147 Å². The number of carboxylic acid groups (broad SMARTS) is 2. The summed E-state index contributed by atoms with van der Waals surface area (Å²) in [5, 5.41) is 25.4. The van der Waals surface area contributed by atoms with Crippen LogP contribution in [0.4, 0.5) is 18.0 Å². The molecule has 0 aliphatic carbocycles. The minimum absolute atomic E-state index is 0.0246. The number of nitrogens with one attached hydrogen (secondary N) is 1. The summed E-state index contributed by atoms with van der Waals surface area (Å²) in [6.07, 6.45) is -2.09. The lowest BCUT2D eigenvalue weighted by molar-refractivity contribution is -0.955. The maximum atomic E-state index is 12.6. The van der Waals surface area contributed by atoms with Gasteiger partial charge in [0.2, 0.25) is 5.54 Å². The van der Waals surface area contributed by atoms with E-state index in [-0.39, 0.29) is 11.3 Å². The lowest BCUT2D eigenvalue weighted by Crippen LogP contribution is -2.77. The summed E-state index contributed by atoms with van der Waals surface area (Å²) in [5.74, 6) is -2.49. The van der Waals surface area contributed by atoms with Gasteiger partial charge in [-0.2, -0.15) is 30.9 Å². The minimum atomic E-state index is -6.04. The Kier molecular flexibility index (Phi) is 4.76. The van der Waals surface area contributed by atoms with E-state index in [1.165, 1.54) is 20.8 Å². The number of carbonyl (C=O) groups is 2. The number of rotatable bonds is 3. The molecule has 3 N–H and O–H groups in total. The summed E-state index contributed by atoms with van der Waals surface area (Å²) in [4.78, 5) is 24.3. The normalized spacial score (nSPS) is 25.8. The Hall–Kier alpha value is -2.35. The first-order valence-electron chi connectivity index (χ1n) is 7.83. The Bertz CT molecular complexity index is 935. The zero-order chi connectivity index (χ0) is 21.9. The van der Waals surface area contributed by atoms with Gasteiger partial charge in [0, 0.05) is 13.3 Å². The summed E-state index contributed by atoms with van der Waals surface area (Å²) in [6.45, 7) is 5.17. The van der Waals surface area contributed by atoms with Crippen molar-refractivity contribution in [3.05, 3.63) is 11.3 Å². The number of nitrogens with zero attached hydrogens (tertiary/aromatic N) is 2. The van der Waals surface area contributed by atoms with Gasteiger partial charge in [-0.15, -0.1) is 5.10 Å². The summed E-state index contributed by atoms with van der Waals surface area (Å²) < 4.78 is 63.4. The highest BCUT2D eigenvalue weighted by Crippen LogP contribution is 2.46. The van der Waals surface area contributed by atoms with Crippen LogP contribution in [0.25, 0.3) is 0 Å². The van der Waals surface area contributed by atoms with E-state index in [1.54, 1.807) is 0 Å². The van der Waals surface area contributed by atoms with Crippen LogP contribution < -0.4 is 4.18 Å². The molecule has 10 nitrogen and oxygen atoms in total. The molecule has 0 fully saturated rings. The van der Waals surface area contributed by atoms with Crippen LogP contribution >= 0.6 is 0 Å². The van der Waals surface area contributed by atoms with Crippen molar-refractivity contribution in [2.75, 3.05) is 0 Å². The van der Waals surface area contributed by atoms with Crippen molar-refractivity contribution in [1.29, 1.82) is 0 Å². The van der Waals surface area contributed by atoms with Gasteiger partial charge in [0.05, 0.1) is 11.3 Å². The predicted molar refractivity (Wildman–Crippen MR) is 85.7 cm³/mol. The van der Waals surface area contributed by atoms with Crippen LogP contribution in [0.3, 0.4) is 0 Å². The van der Waals surface area contributed by atoms with Crippen molar-refractivity contribution >= 4 is 22.2 Å². The Morgan fingerprint density at radius 3 is 2.18 bits per heavy atom. The Balaban J connectivity index is 2.68. The van der Waals surface area contributed by atoms with Gasteiger partial charge in [-0.1, -0.05) is 0 Å². The summed E-state index contributed by atoms with van der Waals surface area (Å²) in [5.41, 5.74) is -9.18. The fourth-order valence-electron chi connectivity index (χ4n) is 3.59. The fourth-order valence-corrected chi connectivity index (χ4v) is 4.03. The van der Waals surface area contributed by atoms with Crippen molar-refractivity contribution in [3.63, 3.8) is 0 Å². The molecule has 2 unspecified atom stereocenters. The molecule has 0 saturated heterocycles. The molecule has 0 aromatic carbocycles. The maximum absolute atomic E-state index is 12.6. The molecule has 0 saturated carbocycles. The van der Waals surface area contributed by atoms with Crippen LogP contribution in [-0.4, -0.2) is 62.0 Å². The molecule has 2 atom stereocenters. The lowest BCUT2D eigenvalue weighted by Gasteiger charge is -2.53. The SMILES string of the molecule is CC(C)(C)[N+]1(C(=O)O)Cc2[nH]nc(OS(=O)(=O)C(F)(F)F)c2CC1(C)C(=O)O. The highest BCUT2D eigenvalue weighted by molar-refractivity contribution is 7.87. The van der Waals surface area contributed by atoms with E-state index < -0.39 is 62.1 Å². The fraction of sp³-hybridized carbons (Fsp3) is 0.643. The summed E-state index contributed by atoms with van der Waals surface area (Å²) >= 11 is 0. The molecule has 1 aliphatic rings. The predicted octanol–water partition coefficient (Wildman–Crippen LogP) is 1.83. The average Bonchev–Trinajstić information content (AvgIpc) is 2.84. The second-order valence-electron chi connectivity index (χ2n) is 7.65. The number of aromatic amines is 1. The van der Waals surface area contributed by atoms with Gasteiger partial charge in [0.1, 0.15) is 12.1 Å². The van der Waals surface area contributed by atoms with Crippen LogP contribution in [0, 0.1) is 0 Å². The molecule has 1 aromatic rings. The number of quaternary nitrogens is 1.